The first-order valence-corrected chi connectivity index (χ1v) is 5.82. The van der Waals surface area contributed by atoms with Crippen molar-refractivity contribution in [1.82, 2.24) is 10.2 Å². The number of amides is 1. The van der Waals surface area contributed by atoms with Gasteiger partial charge in [0.2, 0.25) is 5.91 Å². The maximum Gasteiger partial charge on any atom is 0.244 e. The molecular weight excluding hydrogens is 271 g/mol. The minimum atomic E-state index is -0.0817. The summed E-state index contributed by atoms with van der Waals surface area (Å²) in [5.74, 6) is -0.0817. The van der Waals surface area contributed by atoms with Crippen molar-refractivity contribution in [1.29, 1.82) is 0 Å². The molecule has 0 saturated heterocycles. The van der Waals surface area contributed by atoms with Crippen LogP contribution in [0.4, 0.5) is 0 Å². The van der Waals surface area contributed by atoms with Crippen molar-refractivity contribution < 1.29 is 17.2 Å². The molecule has 0 aliphatic carbocycles. The largest absolute Gasteiger partial charge is 1.00 e. The molecule has 0 radical (unpaired) electrons. The van der Waals surface area contributed by atoms with E-state index in [1.54, 1.807) is 18.2 Å². The summed E-state index contributed by atoms with van der Waals surface area (Å²) in [4.78, 5) is 13.4. The smallest absolute Gasteiger partial charge is 0.244 e. The van der Waals surface area contributed by atoms with Crippen molar-refractivity contribution in [2.75, 3.05) is 27.2 Å². The zero-order valence-corrected chi connectivity index (χ0v) is 12.0. The van der Waals surface area contributed by atoms with E-state index in [0.29, 0.717) is 11.6 Å². The lowest BCUT2D eigenvalue weighted by Gasteiger charge is -2.08. The first-order valence-electron chi connectivity index (χ1n) is 5.44. The number of hydrogen-bond acceptors (Lipinski definition) is 2. The molecule has 0 aromatic heterocycles. The average molecular weight is 288 g/mol. The summed E-state index contributed by atoms with van der Waals surface area (Å²) in [5, 5.41) is 3.49. The van der Waals surface area contributed by atoms with Gasteiger partial charge in [-0.15, -0.1) is 0 Å². The average Bonchev–Trinajstić information content (AvgIpc) is 2.28. The van der Waals surface area contributed by atoms with Crippen LogP contribution >= 0.6 is 11.6 Å². The van der Waals surface area contributed by atoms with Gasteiger partial charge in [0.05, 0.1) is 0 Å². The molecule has 0 aliphatic rings. The fraction of sp³-hybridized carbons (Fsp3) is 0.308. The standard InChI is InChI=1S/C13H17ClN2O.ClH/c1-16(2)10-9-15-13(17)8-5-11-3-6-12(14)7-4-11;/h3-8H,9-10H2,1-2H3,(H,15,17);1H/p-1/b8-5+;. The highest BCUT2D eigenvalue weighted by molar-refractivity contribution is 6.30. The second-order valence-electron chi connectivity index (χ2n) is 3.98. The number of carbonyl (C=O) groups excluding carboxylic acids is 1. The molecule has 5 heteroatoms. The van der Waals surface area contributed by atoms with Gasteiger partial charge in [-0.25, -0.2) is 0 Å². The number of nitrogens with one attached hydrogen (secondary N) is 1. The molecule has 18 heavy (non-hydrogen) atoms. The highest BCUT2D eigenvalue weighted by Gasteiger charge is 1.95. The number of rotatable bonds is 5. The van der Waals surface area contributed by atoms with Gasteiger partial charge in [0.25, 0.3) is 0 Å². The molecule has 1 rings (SSSR count). The second-order valence-corrected chi connectivity index (χ2v) is 4.42. The Hall–Kier alpha value is -1.03. The Morgan fingerprint density at radius 1 is 1.33 bits per heavy atom. The van der Waals surface area contributed by atoms with Gasteiger partial charge in [-0.2, -0.15) is 0 Å². The Morgan fingerprint density at radius 3 is 2.50 bits per heavy atom. The predicted molar refractivity (Wildman–Crippen MR) is 72.0 cm³/mol. The van der Waals surface area contributed by atoms with E-state index in [-0.39, 0.29) is 18.3 Å². The van der Waals surface area contributed by atoms with E-state index in [4.69, 9.17) is 11.6 Å². The maximum atomic E-state index is 11.4. The molecule has 100 valence electrons. The topological polar surface area (TPSA) is 32.3 Å². The third-order valence-electron chi connectivity index (χ3n) is 2.16. The fourth-order valence-electron chi connectivity index (χ4n) is 1.21. The van der Waals surface area contributed by atoms with Crippen LogP contribution in [-0.2, 0) is 4.79 Å². The lowest BCUT2D eigenvalue weighted by atomic mass is 10.2. The van der Waals surface area contributed by atoms with Crippen LogP contribution in [0.1, 0.15) is 5.56 Å². The number of nitrogens with zero attached hydrogens (tertiary/aromatic N) is 1. The van der Waals surface area contributed by atoms with Crippen molar-refractivity contribution >= 4 is 23.6 Å². The molecule has 3 nitrogen and oxygen atoms in total. The summed E-state index contributed by atoms with van der Waals surface area (Å²) >= 11 is 5.76. The minimum Gasteiger partial charge on any atom is -1.00 e. The second kappa shape index (κ2) is 8.97. The highest BCUT2D eigenvalue weighted by Crippen LogP contribution is 2.10. The molecule has 0 spiro atoms. The summed E-state index contributed by atoms with van der Waals surface area (Å²) in [6.45, 7) is 1.48. The molecule has 0 saturated carbocycles. The summed E-state index contributed by atoms with van der Waals surface area (Å²) in [5.41, 5.74) is 0.956. The Labute approximate surface area is 119 Å². The number of benzene rings is 1. The highest BCUT2D eigenvalue weighted by atomic mass is 35.5. The third kappa shape index (κ3) is 7.33. The van der Waals surface area contributed by atoms with Crippen molar-refractivity contribution in [3.05, 3.63) is 40.9 Å². The predicted octanol–water partition coefficient (Wildman–Crippen LogP) is -0.965. The van der Waals surface area contributed by atoms with Crippen molar-refractivity contribution in [2.45, 2.75) is 0 Å². The molecule has 0 unspecified atom stereocenters. The summed E-state index contributed by atoms with van der Waals surface area (Å²) in [7, 11) is 3.94. The van der Waals surface area contributed by atoms with Crippen LogP contribution in [0.25, 0.3) is 6.08 Å². The normalized spacial score (nSPS) is 10.4. The zero-order chi connectivity index (χ0) is 12.7. The number of hydrogen-bond donors (Lipinski definition) is 1. The number of carbonyl (C=O) groups is 1. The van der Waals surface area contributed by atoms with Gasteiger partial charge in [0.1, 0.15) is 0 Å². The Balaban J connectivity index is 0.00000289. The molecule has 0 heterocycles. The van der Waals surface area contributed by atoms with E-state index in [1.165, 1.54) is 6.08 Å². The van der Waals surface area contributed by atoms with Gasteiger partial charge in [-0.3, -0.25) is 4.79 Å². The Morgan fingerprint density at radius 2 is 1.94 bits per heavy atom. The van der Waals surface area contributed by atoms with Crippen LogP contribution in [-0.4, -0.2) is 38.0 Å². The molecule has 0 atom stereocenters. The molecule has 1 amide bonds. The van der Waals surface area contributed by atoms with E-state index >= 15 is 0 Å². The van der Waals surface area contributed by atoms with Gasteiger partial charge in [-0.05, 0) is 37.9 Å². The van der Waals surface area contributed by atoms with Gasteiger partial charge < -0.3 is 22.6 Å². The molecule has 1 N–H and O–H groups in total. The van der Waals surface area contributed by atoms with E-state index in [2.05, 4.69) is 5.32 Å². The fourth-order valence-corrected chi connectivity index (χ4v) is 1.33. The SMILES string of the molecule is CN(C)CCNC(=O)/C=C/c1ccc(Cl)cc1.[Cl-]. The third-order valence-corrected chi connectivity index (χ3v) is 2.41. The van der Waals surface area contributed by atoms with E-state index in [1.807, 2.05) is 31.1 Å². The van der Waals surface area contributed by atoms with Crippen molar-refractivity contribution in [3.63, 3.8) is 0 Å². The Bertz CT molecular complexity index is 388. The van der Waals surface area contributed by atoms with Crippen LogP contribution in [0.3, 0.4) is 0 Å². The maximum absolute atomic E-state index is 11.4. The van der Waals surface area contributed by atoms with Crippen LogP contribution in [0.2, 0.25) is 5.02 Å². The van der Waals surface area contributed by atoms with Crippen molar-refractivity contribution in [2.24, 2.45) is 0 Å². The molecule has 1 aromatic rings. The van der Waals surface area contributed by atoms with Crippen LogP contribution in [0, 0.1) is 0 Å². The van der Waals surface area contributed by atoms with Gasteiger partial charge in [0, 0.05) is 24.2 Å². The molecular formula is C13H17Cl2N2O-. The monoisotopic (exact) mass is 287 g/mol. The molecule has 0 fully saturated rings. The number of likely N-dealkylation sites (N-methyl/N-ethyl adjacent to an activating group) is 1. The summed E-state index contributed by atoms with van der Waals surface area (Å²) in [6, 6.07) is 7.33. The van der Waals surface area contributed by atoms with Crippen molar-refractivity contribution in [3.8, 4) is 0 Å². The minimum absolute atomic E-state index is 0. The quantitative estimate of drug-likeness (QED) is 0.708. The Kier molecular flexibility index (Phi) is 8.46. The van der Waals surface area contributed by atoms with Gasteiger partial charge in [0.15, 0.2) is 0 Å². The zero-order valence-electron chi connectivity index (χ0n) is 10.5. The molecule has 1 aromatic carbocycles. The van der Waals surface area contributed by atoms with Gasteiger partial charge in [-0.1, -0.05) is 23.7 Å². The van der Waals surface area contributed by atoms with Crippen LogP contribution in [0.5, 0.6) is 0 Å². The molecule has 0 bridgehead atoms. The van der Waals surface area contributed by atoms with E-state index in [0.717, 1.165) is 12.1 Å². The van der Waals surface area contributed by atoms with Crippen LogP contribution < -0.4 is 17.7 Å². The first-order chi connectivity index (χ1) is 8.08. The first kappa shape index (κ1) is 17.0. The van der Waals surface area contributed by atoms with Gasteiger partial charge >= 0.3 is 0 Å². The van der Waals surface area contributed by atoms with Crippen LogP contribution in [0.15, 0.2) is 30.3 Å². The summed E-state index contributed by atoms with van der Waals surface area (Å²) < 4.78 is 0. The summed E-state index contributed by atoms with van der Waals surface area (Å²) in [6.07, 6.45) is 3.29. The molecule has 0 aliphatic heterocycles. The number of halogens is 2. The van der Waals surface area contributed by atoms with E-state index < -0.39 is 0 Å². The van der Waals surface area contributed by atoms with E-state index in [9.17, 15) is 4.79 Å². The lowest BCUT2D eigenvalue weighted by Crippen LogP contribution is -3.00. The lowest BCUT2D eigenvalue weighted by molar-refractivity contribution is -0.116.